The fraction of sp³-hybridized carbons (Fsp3) is 0.263. The number of carbonyl (C=O) groups excluding carboxylic acids is 2. The van der Waals surface area contributed by atoms with Gasteiger partial charge in [-0.3, -0.25) is 9.69 Å². The van der Waals surface area contributed by atoms with Crippen molar-refractivity contribution < 1.29 is 19.4 Å². The lowest BCUT2D eigenvalue weighted by Crippen LogP contribution is -2.39. The lowest BCUT2D eigenvalue weighted by Gasteiger charge is -2.22. The van der Waals surface area contributed by atoms with E-state index in [4.69, 9.17) is 4.74 Å². The second kappa shape index (κ2) is 7.92. The molecule has 1 aliphatic rings. The summed E-state index contributed by atoms with van der Waals surface area (Å²) in [6.07, 6.45) is -1.29. The van der Waals surface area contributed by atoms with E-state index in [1.807, 2.05) is 60.7 Å². The average Bonchev–Trinajstić information content (AvgIpc) is 2.96. The summed E-state index contributed by atoms with van der Waals surface area (Å²) in [4.78, 5) is 24.1. The Morgan fingerprint density at radius 3 is 2.04 bits per heavy atom. The van der Waals surface area contributed by atoms with E-state index in [1.54, 1.807) is 0 Å². The molecule has 0 aliphatic carbocycles. The number of amides is 3. The van der Waals surface area contributed by atoms with E-state index >= 15 is 0 Å². The molecular formula is C19H20N2O4. The van der Waals surface area contributed by atoms with E-state index < -0.39 is 12.1 Å². The van der Waals surface area contributed by atoms with Gasteiger partial charge in [0.05, 0.1) is 25.8 Å². The second-order valence-electron chi connectivity index (χ2n) is 5.85. The summed E-state index contributed by atoms with van der Waals surface area (Å²) in [5.74, 6) is -0.341. The number of imide groups is 1. The highest BCUT2D eigenvalue weighted by atomic mass is 16.5. The van der Waals surface area contributed by atoms with Crippen molar-refractivity contribution in [1.82, 2.24) is 10.2 Å². The van der Waals surface area contributed by atoms with Crippen LogP contribution in [-0.4, -0.2) is 47.7 Å². The highest BCUT2D eigenvalue weighted by Gasteiger charge is 2.30. The van der Waals surface area contributed by atoms with Crippen LogP contribution in [0.5, 0.6) is 0 Å². The van der Waals surface area contributed by atoms with Gasteiger partial charge in [0.15, 0.2) is 0 Å². The molecule has 1 heterocycles. The average molecular weight is 340 g/mol. The molecule has 3 rings (SSSR count). The molecule has 0 saturated carbocycles. The zero-order chi connectivity index (χ0) is 17.6. The van der Waals surface area contributed by atoms with Gasteiger partial charge in [-0.2, -0.15) is 0 Å². The third-order valence-electron chi connectivity index (χ3n) is 3.99. The molecule has 0 unspecified atom stereocenters. The highest BCUT2D eigenvalue weighted by Crippen LogP contribution is 2.25. The van der Waals surface area contributed by atoms with Crippen molar-refractivity contribution >= 4 is 11.9 Å². The fourth-order valence-electron chi connectivity index (χ4n) is 2.75. The number of nitrogens with zero attached hydrogens (tertiary/aromatic N) is 1. The van der Waals surface area contributed by atoms with Crippen LogP contribution >= 0.6 is 0 Å². The Morgan fingerprint density at radius 1 is 1.00 bits per heavy atom. The zero-order valence-electron chi connectivity index (χ0n) is 13.7. The van der Waals surface area contributed by atoms with E-state index in [0.717, 1.165) is 16.0 Å². The van der Waals surface area contributed by atoms with Crippen molar-refractivity contribution in [2.45, 2.75) is 12.2 Å². The van der Waals surface area contributed by atoms with Crippen molar-refractivity contribution in [3.8, 4) is 0 Å². The summed E-state index contributed by atoms with van der Waals surface area (Å²) in [6.45, 7) is -0.102. The number of rotatable bonds is 7. The Balaban J connectivity index is 1.67. The monoisotopic (exact) mass is 340 g/mol. The van der Waals surface area contributed by atoms with Gasteiger partial charge in [0.1, 0.15) is 6.10 Å². The van der Waals surface area contributed by atoms with E-state index in [2.05, 4.69) is 5.32 Å². The Kier molecular flexibility index (Phi) is 5.42. The minimum atomic E-state index is -0.956. The largest absolute Gasteiger partial charge is 0.389 e. The van der Waals surface area contributed by atoms with Crippen LogP contribution in [0.1, 0.15) is 17.2 Å². The number of aliphatic hydroxyl groups excluding tert-OH is 1. The van der Waals surface area contributed by atoms with Gasteiger partial charge in [-0.05, 0) is 11.1 Å². The first-order valence-electron chi connectivity index (χ1n) is 8.13. The molecule has 0 bridgehead atoms. The van der Waals surface area contributed by atoms with E-state index in [-0.39, 0.29) is 31.7 Å². The van der Waals surface area contributed by atoms with Gasteiger partial charge in [-0.15, -0.1) is 0 Å². The number of hydrogen-bond acceptors (Lipinski definition) is 4. The summed E-state index contributed by atoms with van der Waals surface area (Å²) >= 11 is 0. The fourth-order valence-corrected chi connectivity index (χ4v) is 2.75. The highest BCUT2D eigenvalue weighted by molar-refractivity contribution is 6.01. The van der Waals surface area contributed by atoms with Crippen molar-refractivity contribution in [3.63, 3.8) is 0 Å². The van der Waals surface area contributed by atoms with Crippen molar-refractivity contribution in [3.05, 3.63) is 71.8 Å². The van der Waals surface area contributed by atoms with Crippen LogP contribution in [0.2, 0.25) is 0 Å². The molecule has 1 aliphatic heterocycles. The molecule has 6 heteroatoms. The van der Waals surface area contributed by atoms with Gasteiger partial charge in [-0.25, -0.2) is 4.79 Å². The van der Waals surface area contributed by atoms with Crippen LogP contribution in [-0.2, 0) is 9.53 Å². The third kappa shape index (κ3) is 4.23. The SMILES string of the molecule is O=C1CNC(=O)N1C[C@@H](O)COC(c1ccccc1)c1ccccc1. The van der Waals surface area contributed by atoms with Gasteiger partial charge in [0, 0.05) is 0 Å². The van der Waals surface area contributed by atoms with Gasteiger partial charge >= 0.3 is 6.03 Å². The zero-order valence-corrected chi connectivity index (χ0v) is 13.7. The van der Waals surface area contributed by atoms with Gasteiger partial charge in [0.2, 0.25) is 5.91 Å². The van der Waals surface area contributed by atoms with Crippen molar-refractivity contribution in [2.75, 3.05) is 19.7 Å². The van der Waals surface area contributed by atoms with Gasteiger partial charge in [-0.1, -0.05) is 60.7 Å². The molecule has 2 aromatic carbocycles. The number of urea groups is 1. The number of nitrogens with one attached hydrogen (secondary N) is 1. The summed E-state index contributed by atoms with van der Waals surface area (Å²) in [5, 5.41) is 12.6. The molecule has 6 nitrogen and oxygen atoms in total. The summed E-state index contributed by atoms with van der Waals surface area (Å²) in [6, 6.07) is 18.9. The third-order valence-corrected chi connectivity index (χ3v) is 3.99. The predicted octanol–water partition coefficient (Wildman–Crippen LogP) is 1.71. The molecule has 3 amide bonds. The Hall–Kier alpha value is -2.70. The summed E-state index contributed by atoms with van der Waals surface area (Å²) in [7, 11) is 0. The number of ether oxygens (including phenoxy) is 1. The maximum atomic E-state index is 11.6. The van der Waals surface area contributed by atoms with Crippen LogP contribution in [0.15, 0.2) is 60.7 Å². The van der Waals surface area contributed by atoms with Crippen LogP contribution < -0.4 is 5.32 Å². The molecule has 1 fully saturated rings. The molecule has 2 N–H and O–H groups in total. The molecule has 0 radical (unpaired) electrons. The number of β-amino-alcohol motifs (C(OH)–C–C–N with tert-alkyl or cyclic N) is 1. The van der Waals surface area contributed by atoms with E-state index in [9.17, 15) is 14.7 Å². The minimum Gasteiger partial charge on any atom is -0.389 e. The summed E-state index contributed by atoms with van der Waals surface area (Å²) < 4.78 is 5.94. The standard InChI is InChI=1S/C19H20N2O4/c22-16(12-21-17(23)11-20-19(21)24)13-25-18(14-7-3-1-4-8-14)15-9-5-2-6-10-15/h1-10,16,18,22H,11-13H2,(H,20,24)/t16-/m1/s1. The first-order chi connectivity index (χ1) is 12.1. The number of carbonyl (C=O) groups is 2. The maximum absolute atomic E-state index is 11.6. The molecule has 1 atom stereocenters. The van der Waals surface area contributed by atoms with Gasteiger partial charge in [0.25, 0.3) is 0 Å². The number of hydrogen-bond donors (Lipinski definition) is 2. The molecule has 130 valence electrons. The quantitative estimate of drug-likeness (QED) is 0.752. The van der Waals surface area contributed by atoms with Crippen molar-refractivity contribution in [2.24, 2.45) is 0 Å². The van der Waals surface area contributed by atoms with E-state index in [1.165, 1.54) is 0 Å². The first kappa shape index (κ1) is 17.1. The Bertz CT molecular complexity index is 665. The molecular weight excluding hydrogens is 320 g/mol. The van der Waals surface area contributed by atoms with Crippen molar-refractivity contribution in [1.29, 1.82) is 0 Å². The van der Waals surface area contributed by atoms with Crippen LogP contribution in [0.4, 0.5) is 4.79 Å². The first-order valence-corrected chi connectivity index (χ1v) is 8.13. The molecule has 0 spiro atoms. The lowest BCUT2D eigenvalue weighted by molar-refractivity contribution is -0.126. The lowest BCUT2D eigenvalue weighted by atomic mass is 10.0. The normalized spacial score (nSPS) is 15.5. The number of benzene rings is 2. The van der Waals surface area contributed by atoms with Gasteiger partial charge < -0.3 is 15.2 Å². The molecule has 0 aromatic heterocycles. The van der Waals surface area contributed by atoms with E-state index in [0.29, 0.717) is 0 Å². The second-order valence-corrected chi connectivity index (χ2v) is 5.85. The predicted molar refractivity (Wildman–Crippen MR) is 91.8 cm³/mol. The minimum absolute atomic E-state index is 0.00547. The number of aliphatic hydroxyl groups is 1. The Labute approximate surface area is 146 Å². The summed E-state index contributed by atoms with van der Waals surface area (Å²) in [5.41, 5.74) is 1.94. The topological polar surface area (TPSA) is 78.9 Å². The maximum Gasteiger partial charge on any atom is 0.324 e. The molecule has 25 heavy (non-hydrogen) atoms. The van der Waals surface area contributed by atoms with Crippen LogP contribution in [0.25, 0.3) is 0 Å². The van der Waals surface area contributed by atoms with Crippen LogP contribution in [0, 0.1) is 0 Å². The smallest absolute Gasteiger partial charge is 0.324 e. The molecule has 1 saturated heterocycles. The van der Waals surface area contributed by atoms with Crippen LogP contribution in [0.3, 0.4) is 0 Å². The Morgan fingerprint density at radius 2 is 1.56 bits per heavy atom. The molecule has 2 aromatic rings.